The topological polar surface area (TPSA) is 71.2 Å². The number of halogens is 2. The molecule has 2 aliphatic rings. The van der Waals surface area contributed by atoms with E-state index >= 15 is 4.39 Å². The molecule has 1 saturated heterocycles. The average molecular weight is 580 g/mol. The van der Waals surface area contributed by atoms with Crippen molar-refractivity contribution in [2.75, 3.05) is 26.7 Å². The molecule has 1 saturated carbocycles. The third-order valence-corrected chi connectivity index (χ3v) is 8.41. The predicted molar refractivity (Wildman–Crippen MR) is 165 cm³/mol. The summed E-state index contributed by atoms with van der Waals surface area (Å²) >= 11 is 0. The van der Waals surface area contributed by atoms with Gasteiger partial charge < -0.3 is 19.4 Å². The number of imidazole rings is 1. The van der Waals surface area contributed by atoms with Gasteiger partial charge in [0.2, 0.25) is 0 Å². The summed E-state index contributed by atoms with van der Waals surface area (Å²) in [5, 5.41) is 2.87. The Morgan fingerprint density at radius 1 is 1.26 bits per heavy atom. The number of hydrogen-bond donors (Lipinski definition) is 1. The van der Waals surface area contributed by atoms with Gasteiger partial charge in [0.25, 0.3) is 5.91 Å². The fourth-order valence-electron chi connectivity index (χ4n) is 5.63. The van der Waals surface area contributed by atoms with Crippen LogP contribution in [-0.2, 0) is 5.67 Å². The van der Waals surface area contributed by atoms with Gasteiger partial charge in [-0.15, -0.1) is 0 Å². The number of hydrogen-bond acceptors (Lipinski definition) is 5. The van der Waals surface area contributed by atoms with Gasteiger partial charge in [0, 0.05) is 44.6 Å². The second-order valence-corrected chi connectivity index (χ2v) is 11.5. The molecule has 1 aliphatic heterocycles. The lowest BCUT2D eigenvalue weighted by molar-refractivity contribution is 0.0640. The Morgan fingerprint density at radius 3 is 2.64 bits per heavy atom. The van der Waals surface area contributed by atoms with Crippen molar-refractivity contribution in [2.24, 2.45) is 4.99 Å². The van der Waals surface area contributed by atoms with Gasteiger partial charge in [0.15, 0.2) is 0 Å². The number of ether oxygens (including phenoxy) is 1. The maximum Gasteiger partial charge on any atom is 0.254 e. The number of carbonyl (C=O) groups is 1. The van der Waals surface area contributed by atoms with E-state index in [1.165, 1.54) is 6.07 Å². The summed E-state index contributed by atoms with van der Waals surface area (Å²) in [4.78, 5) is 24.4. The summed E-state index contributed by atoms with van der Waals surface area (Å²) in [5.41, 5.74) is 2.88. The van der Waals surface area contributed by atoms with E-state index in [4.69, 9.17) is 9.73 Å². The second-order valence-electron chi connectivity index (χ2n) is 11.5. The number of amides is 1. The monoisotopic (exact) mass is 579 g/mol. The van der Waals surface area contributed by atoms with Crippen molar-refractivity contribution in [1.29, 1.82) is 0 Å². The molecule has 7 nitrogen and oxygen atoms in total. The maximum atomic E-state index is 16.4. The van der Waals surface area contributed by atoms with Gasteiger partial charge in [-0.25, -0.2) is 13.8 Å². The highest BCUT2D eigenvalue weighted by Gasteiger charge is 2.38. The molecule has 3 aromatic rings. The minimum absolute atomic E-state index is 0. The minimum atomic E-state index is -1.49. The highest BCUT2D eigenvalue weighted by atomic mass is 19.1. The fraction of sp³-hybridized carbons (Fsp3) is 0.485. The van der Waals surface area contributed by atoms with Crippen LogP contribution >= 0.6 is 0 Å². The van der Waals surface area contributed by atoms with Gasteiger partial charge in [-0.3, -0.25) is 9.79 Å². The number of rotatable bonds is 10. The fourth-order valence-corrected chi connectivity index (χ4v) is 5.63. The number of aliphatic imine (C=N–C) groups is 1. The van der Waals surface area contributed by atoms with Crippen molar-refractivity contribution in [1.82, 2.24) is 19.6 Å². The summed E-state index contributed by atoms with van der Waals surface area (Å²) in [6, 6.07) is 4.72. The molecule has 0 bridgehead atoms. The SMILES string of the molecule is C/C=C(\C=NC(CC)c1cnc2cc(OCC)c(C3(F)CCN(C)CC3)cn12)c1cc(C(=O)NC2CC2)c(F)cc1C.[HH]. The number of aromatic nitrogens is 2. The Morgan fingerprint density at radius 2 is 2.00 bits per heavy atom. The van der Waals surface area contributed by atoms with Crippen LogP contribution in [0, 0.1) is 12.7 Å². The number of pyridine rings is 1. The summed E-state index contributed by atoms with van der Waals surface area (Å²) in [5.74, 6) is -0.384. The zero-order chi connectivity index (χ0) is 30.0. The Bertz CT molecular complexity index is 1520. The number of piperidine rings is 1. The summed E-state index contributed by atoms with van der Waals surface area (Å²) in [6.07, 6.45) is 10.7. The second kappa shape index (κ2) is 12.3. The molecule has 2 aromatic heterocycles. The van der Waals surface area contributed by atoms with Crippen LogP contribution in [0.15, 0.2) is 41.7 Å². The molecule has 0 radical (unpaired) electrons. The molecule has 1 unspecified atom stereocenters. The number of alkyl halides is 1. The quantitative estimate of drug-likeness (QED) is 0.267. The third-order valence-electron chi connectivity index (χ3n) is 8.41. The molecule has 5 rings (SSSR count). The van der Waals surface area contributed by atoms with E-state index in [1.807, 2.05) is 57.5 Å². The predicted octanol–water partition coefficient (Wildman–Crippen LogP) is 6.83. The van der Waals surface area contributed by atoms with Gasteiger partial charge in [-0.05, 0) is 88.8 Å². The Balaban J connectivity index is 0.00000423. The number of benzene rings is 1. The molecule has 1 aromatic carbocycles. The number of carbonyl (C=O) groups excluding carboxylic acids is 1. The molecule has 2 fully saturated rings. The molecule has 226 valence electrons. The first kappa shape index (κ1) is 29.9. The van der Waals surface area contributed by atoms with E-state index in [0.29, 0.717) is 55.9 Å². The van der Waals surface area contributed by atoms with Crippen LogP contribution in [-0.4, -0.2) is 59.2 Å². The van der Waals surface area contributed by atoms with E-state index in [2.05, 4.69) is 15.2 Å². The zero-order valence-electron chi connectivity index (χ0n) is 25.2. The van der Waals surface area contributed by atoms with Gasteiger partial charge in [0.1, 0.15) is 22.9 Å². The number of nitrogens with one attached hydrogen (secondary N) is 1. The molecule has 1 aliphatic carbocycles. The Labute approximate surface area is 248 Å². The van der Waals surface area contributed by atoms with Gasteiger partial charge in [0.05, 0.1) is 30.1 Å². The standard InChI is InChI=1S/C33H41F2N5O2.H2/c1-6-22(24-16-25(27(34)15-21(24)4)32(41)38-23-9-10-23)18-36-28(7-2)29-19-37-31-17-30(42-8-3)26(20-40(29)31)33(35)11-13-39(5)14-12-33;/h6,15-20,23,28H,7-14H2,1-5H3,(H,38,41);1H/b22-6+,36-18?;. The summed E-state index contributed by atoms with van der Waals surface area (Å²) < 4.78 is 39.0. The largest absolute Gasteiger partial charge is 0.493 e. The number of aryl methyl sites for hydroxylation is 1. The first-order valence-corrected chi connectivity index (χ1v) is 15.0. The highest BCUT2D eigenvalue weighted by molar-refractivity contribution is 6.11. The van der Waals surface area contributed by atoms with Crippen LogP contribution in [0.3, 0.4) is 0 Å². The number of likely N-dealkylation sites (tertiary alicyclic amines) is 1. The lowest BCUT2D eigenvalue weighted by Crippen LogP contribution is -2.38. The van der Waals surface area contributed by atoms with Crippen molar-refractivity contribution in [3.63, 3.8) is 0 Å². The number of fused-ring (bicyclic) bond motifs is 1. The van der Waals surface area contributed by atoms with Crippen molar-refractivity contribution in [2.45, 2.75) is 77.6 Å². The molecular formula is C33H43F2N5O2. The van der Waals surface area contributed by atoms with Crippen LogP contribution < -0.4 is 10.1 Å². The lowest BCUT2D eigenvalue weighted by atomic mass is 9.86. The average Bonchev–Trinajstić information content (AvgIpc) is 3.69. The third kappa shape index (κ3) is 6.11. The Hall–Kier alpha value is -3.59. The van der Waals surface area contributed by atoms with E-state index in [9.17, 15) is 9.18 Å². The van der Waals surface area contributed by atoms with Crippen LogP contribution in [0.25, 0.3) is 11.2 Å². The molecule has 9 heteroatoms. The van der Waals surface area contributed by atoms with Gasteiger partial charge >= 0.3 is 0 Å². The van der Waals surface area contributed by atoms with Crippen LogP contribution in [0.2, 0.25) is 0 Å². The first-order valence-electron chi connectivity index (χ1n) is 15.0. The number of allylic oxidation sites excluding steroid dienone is 2. The highest BCUT2D eigenvalue weighted by Crippen LogP contribution is 2.42. The normalized spacial score (nSPS) is 18.5. The summed E-state index contributed by atoms with van der Waals surface area (Å²) in [6.45, 7) is 9.46. The van der Waals surface area contributed by atoms with Crippen LogP contribution in [0.4, 0.5) is 8.78 Å². The van der Waals surface area contributed by atoms with Crippen LogP contribution in [0.1, 0.15) is 93.1 Å². The van der Waals surface area contributed by atoms with Crippen LogP contribution in [0.5, 0.6) is 5.75 Å². The summed E-state index contributed by atoms with van der Waals surface area (Å²) in [7, 11) is 2.01. The smallest absolute Gasteiger partial charge is 0.254 e. The molecule has 1 N–H and O–H groups in total. The van der Waals surface area contributed by atoms with Crippen molar-refractivity contribution in [3.8, 4) is 5.75 Å². The minimum Gasteiger partial charge on any atom is -0.493 e. The molecule has 1 amide bonds. The molecular weight excluding hydrogens is 536 g/mol. The first-order chi connectivity index (χ1) is 20.2. The molecule has 42 heavy (non-hydrogen) atoms. The zero-order valence-corrected chi connectivity index (χ0v) is 25.2. The van der Waals surface area contributed by atoms with Crippen molar-refractivity contribution < 1.29 is 19.7 Å². The van der Waals surface area contributed by atoms with Crippen molar-refractivity contribution in [3.05, 3.63) is 70.4 Å². The Kier molecular flexibility index (Phi) is 8.78. The van der Waals surface area contributed by atoms with E-state index in [-0.39, 0.29) is 19.1 Å². The van der Waals surface area contributed by atoms with E-state index in [0.717, 1.165) is 35.2 Å². The maximum absolute atomic E-state index is 16.4. The van der Waals surface area contributed by atoms with Crippen molar-refractivity contribution >= 4 is 23.3 Å². The molecule has 1 atom stereocenters. The van der Waals surface area contributed by atoms with E-state index in [1.54, 1.807) is 18.5 Å². The number of nitrogens with zero attached hydrogens (tertiary/aromatic N) is 4. The lowest BCUT2D eigenvalue weighted by Gasteiger charge is -2.35. The van der Waals surface area contributed by atoms with Gasteiger partial charge in [-0.1, -0.05) is 13.0 Å². The van der Waals surface area contributed by atoms with Gasteiger partial charge in [-0.2, -0.15) is 0 Å². The molecule has 0 spiro atoms. The molecule has 3 heterocycles. The van der Waals surface area contributed by atoms with E-state index < -0.39 is 17.4 Å².